The zero-order chi connectivity index (χ0) is 54.0. The smallest absolute Gasteiger partial charge is 0.462 e. The minimum atomic E-state index is -4.76. The Morgan fingerprint density at radius 3 is 1.59 bits per heavy atom. The van der Waals surface area contributed by atoms with E-state index in [1.165, 1.54) is 77.0 Å². The molecule has 0 saturated carbocycles. The van der Waals surface area contributed by atoms with E-state index in [1.54, 1.807) is 0 Å². The molecule has 20 heteroatoms. The van der Waals surface area contributed by atoms with Crippen LogP contribution in [0.4, 0.5) is 0 Å². The first-order valence-electron chi connectivity index (χ1n) is 27.8. The quantitative estimate of drug-likeness (QED) is 0.0135. The molecule has 0 aromatic carbocycles. The highest BCUT2D eigenvalue weighted by molar-refractivity contribution is 7.47. The lowest BCUT2D eigenvalue weighted by molar-refractivity contribution is -0.327. The van der Waals surface area contributed by atoms with Crippen molar-refractivity contribution in [3.05, 3.63) is 24.3 Å². The summed E-state index contributed by atoms with van der Waals surface area (Å²) in [6.45, 7) is 0.659. The van der Waals surface area contributed by atoms with Crippen molar-refractivity contribution in [1.29, 1.82) is 0 Å². The van der Waals surface area contributed by atoms with Gasteiger partial charge in [-0.3, -0.25) is 18.6 Å². The van der Waals surface area contributed by atoms with Gasteiger partial charge in [0, 0.05) is 25.9 Å². The zero-order valence-corrected chi connectivity index (χ0v) is 45.4. The monoisotopic (exact) mass is 1070 g/mol. The van der Waals surface area contributed by atoms with Crippen molar-refractivity contribution in [2.45, 2.75) is 255 Å². The number of esters is 2. The molecule has 11 atom stereocenters. The summed E-state index contributed by atoms with van der Waals surface area (Å²) in [5.41, 5.74) is 0. The standard InChI is InChI=1S/C53H100NO18P/c1-3-5-7-9-11-13-15-17-19-21-23-25-27-29-31-33-46(59)67-40-42(70-47(60)34-32-30-28-26-24-22-20-18-16-14-12-10-8-6-4-2)41-69-73(65,66)68-36-35-54-37-43(57)48(61)52(44(58)38-55)72-53-51(64)50(63)49(62)45(39-56)71-53/h17-20,42-45,48-58,61-64H,3-16,21-41H2,1-2H3,(H,65,66)/b19-17-,20-18-/t42-,43+,44-,45-,48-,49+,50+,51-,52-,53+/m1/s1. The maximum absolute atomic E-state index is 12.9. The van der Waals surface area contributed by atoms with Crippen molar-refractivity contribution in [3.63, 3.8) is 0 Å². The third kappa shape index (κ3) is 35.2. The molecule has 0 spiro atoms. The van der Waals surface area contributed by atoms with E-state index in [9.17, 15) is 59.9 Å². The highest BCUT2D eigenvalue weighted by atomic mass is 31.2. The van der Waals surface area contributed by atoms with Crippen LogP contribution >= 0.6 is 7.82 Å². The Morgan fingerprint density at radius 1 is 0.616 bits per heavy atom. The van der Waals surface area contributed by atoms with E-state index < -0.39 is 121 Å². The van der Waals surface area contributed by atoms with Gasteiger partial charge in [-0.1, -0.05) is 141 Å². The number of rotatable bonds is 49. The summed E-state index contributed by atoms with van der Waals surface area (Å²) in [5.74, 6) is -1.05. The first kappa shape index (κ1) is 69.1. The molecule has 430 valence electrons. The van der Waals surface area contributed by atoms with Crippen molar-refractivity contribution in [3.8, 4) is 0 Å². The lowest BCUT2D eigenvalue weighted by Gasteiger charge is -2.42. The predicted octanol–water partition coefficient (Wildman–Crippen LogP) is 6.50. The normalized spacial score (nSPS) is 21.3. The second-order valence-corrected chi connectivity index (χ2v) is 20.8. The fraction of sp³-hybridized carbons (Fsp3) is 0.887. The van der Waals surface area contributed by atoms with Gasteiger partial charge in [0.05, 0.1) is 32.5 Å². The van der Waals surface area contributed by atoms with E-state index in [0.29, 0.717) is 12.8 Å². The Kier molecular flexibility index (Phi) is 42.7. The van der Waals surface area contributed by atoms with Crippen LogP contribution in [0.15, 0.2) is 24.3 Å². The summed E-state index contributed by atoms with van der Waals surface area (Å²) in [6, 6.07) is 0. The molecule has 1 heterocycles. The third-order valence-electron chi connectivity index (χ3n) is 12.8. The number of unbranched alkanes of at least 4 members (excludes halogenated alkanes) is 22. The summed E-state index contributed by atoms with van der Waals surface area (Å²) in [6.07, 6.45) is 21.3. The van der Waals surface area contributed by atoms with Gasteiger partial charge < -0.3 is 70.0 Å². The van der Waals surface area contributed by atoms with Gasteiger partial charge in [0.15, 0.2) is 12.4 Å². The van der Waals surface area contributed by atoms with Crippen molar-refractivity contribution in [2.75, 3.05) is 46.1 Å². The molecular weight excluding hydrogens is 970 g/mol. The maximum Gasteiger partial charge on any atom is 0.472 e. The van der Waals surface area contributed by atoms with E-state index in [2.05, 4.69) is 43.5 Å². The van der Waals surface area contributed by atoms with Gasteiger partial charge in [-0.2, -0.15) is 0 Å². The van der Waals surface area contributed by atoms with Gasteiger partial charge in [-0.15, -0.1) is 0 Å². The van der Waals surface area contributed by atoms with Gasteiger partial charge in [0.2, 0.25) is 0 Å². The molecule has 0 amide bonds. The lowest BCUT2D eigenvalue weighted by Crippen LogP contribution is -2.61. The molecule has 1 rings (SSSR count). The van der Waals surface area contributed by atoms with Crippen LogP contribution in [0.3, 0.4) is 0 Å². The van der Waals surface area contributed by atoms with Crippen molar-refractivity contribution < 1.29 is 87.9 Å². The van der Waals surface area contributed by atoms with Crippen LogP contribution < -0.4 is 5.32 Å². The molecule has 0 radical (unpaired) electrons. The summed E-state index contributed by atoms with van der Waals surface area (Å²) >= 11 is 0. The molecular formula is C53H100NO18P. The fourth-order valence-electron chi connectivity index (χ4n) is 8.17. The van der Waals surface area contributed by atoms with E-state index in [-0.39, 0.29) is 19.4 Å². The topological polar surface area (TPSA) is 301 Å². The van der Waals surface area contributed by atoms with E-state index >= 15 is 0 Å². The highest BCUT2D eigenvalue weighted by Crippen LogP contribution is 2.43. The average molecular weight is 1070 g/mol. The largest absolute Gasteiger partial charge is 0.472 e. The molecule has 0 aromatic heterocycles. The number of carbonyl (C=O) groups is 2. The maximum atomic E-state index is 12.9. The minimum Gasteiger partial charge on any atom is -0.462 e. The Labute approximate surface area is 437 Å². The molecule has 0 aromatic rings. The first-order chi connectivity index (χ1) is 35.2. The molecule has 10 N–H and O–H groups in total. The molecule has 0 aliphatic carbocycles. The Morgan fingerprint density at radius 2 is 1.10 bits per heavy atom. The Bertz CT molecular complexity index is 1440. The number of hydrogen-bond donors (Lipinski definition) is 10. The fourth-order valence-corrected chi connectivity index (χ4v) is 8.93. The molecule has 1 aliphatic rings. The number of allylic oxidation sites excluding steroid dienone is 4. The first-order valence-corrected chi connectivity index (χ1v) is 29.3. The van der Waals surface area contributed by atoms with Crippen molar-refractivity contribution >= 4 is 19.8 Å². The zero-order valence-electron chi connectivity index (χ0n) is 44.5. The van der Waals surface area contributed by atoms with Gasteiger partial charge >= 0.3 is 19.8 Å². The second-order valence-electron chi connectivity index (χ2n) is 19.4. The van der Waals surface area contributed by atoms with Crippen molar-refractivity contribution in [1.82, 2.24) is 5.32 Å². The van der Waals surface area contributed by atoms with E-state index in [4.69, 9.17) is 28.0 Å². The third-order valence-corrected chi connectivity index (χ3v) is 13.7. The molecule has 0 bridgehead atoms. The SMILES string of the molecule is CCCCCCCC/C=C\CCCCCCCC(=O)OC[C@H](COP(=O)(O)OCCNC[C@H](O)[C@@H](O)[C@H](O[C@@H]1O[C@H](CO)[C@H](O)[C@H](O)[C@H]1O)[C@H](O)CO)OC(=O)CCCCCCC/C=C\CCCCCCCC. The number of carbonyl (C=O) groups excluding carboxylic acids is 2. The molecule has 73 heavy (non-hydrogen) atoms. The lowest BCUT2D eigenvalue weighted by atomic mass is 9.98. The minimum absolute atomic E-state index is 0.108. The van der Waals surface area contributed by atoms with Crippen LogP contribution in [0.5, 0.6) is 0 Å². The number of phosphoric acid groups is 1. The van der Waals surface area contributed by atoms with Crippen molar-refractivity contribution in [2.24, 2.45) is 0 Å². The van der Waals surface area contributed by atoms with Gasteiger partial charge in [0.25, 0.3) is 0 Å². The number of hydrogen-bond acceptors (Lipinski definition) is 18. The number of aliphatic hydroxyl groups excluding tert-OH is 8. The van der Waals surface area contributed by atoms with Crippen LogP contribution in [0.1, 0.15) is 194 Å². The number of phosphoric ester groups is 1. The van der Waals surface area contributed by atoms with E-state index in [0.717, 1.165) is 77.0 Å². The molecule has 1 fully saturated rings. The summed E-state index contributed by atoms with van der Waals surface area (Å²) in [7, 11) is -4.76. The number of nitrogens with one attached hydrogen (secondary N) is 1. The summed E-state index contributed by atoms with van der Waals surface area (Å²) < 4.78 is 44.6. The molecule has 1 saturated heterocycles. The van der Waals surface area contributed by atoms with Crippen LogP contribution in [0, 0.1) is 0 Å². The van der Waals surface area contributed by atoms with Gasteiger partial charge in [0.1, 0.15) is 49.3 Å². The van der Waals surface area contributed by atoms with Crippen LogP contribution in [-0.2, 0) is 42.1 Å². The van der Waals surface area contributed by atoms with Crippen LogP contribution in [0.25, 0.3) is 0 Å². The summed E-state index contributed by atoms with van der Waals surface area (Å²) in [5, 5.41) is 83.8. The Balaban J connectivity index is 2.59. The summed E-state index contributed by atoms with van der Waals surface area (Å²) in [4.78, 5) is 36.0. The highest BCUT2D eigenvalue weighted by Gasteiger charge is 2.47. The molecule has 1 unspecified atom stereocenters. The second kappa shape index (κ2) is 45.1. The van der Waals surface area contributed by atoms with Crippen LogP contribution in [-0.4, -0.2) is 165 Å². The molecule has 1 aliphatic heterocycles. The Hall–Kier alpha value is -1.91. The van der Waals surface area contributed by atoms with Gasteiger partial charge in [-0.25, -0.2) is 4.57 Å². The van der Waals surface area contributed by atoms with Gasteiger partial charge in [-0.05, 0) is 64.2 Å². The van der Waals surface area contributed by atoms with E-state index in [1.807, 2.05) is 0 Å². The average Bonchev–Trinajstić information content (AvgIpc) is 3.37. The predicted molar refractivity (Wildman–Crippen MR) is 278 cm³/mol. The molecule has 19 nitrogen and oxygen atoms in total. The van der Waals surface area contributed by atoms with Crippen LogP contribution in [0.2, 0.25) is 0 Å². The number of aliphatic hydroxyl groups is 8. The number of ether oxygens (including phenoxy) is 4.